The van der Waals surface area contributed by atoms with Crippen LogP contribution in [-0.2, 0) is 25.5 Å². The molecule has 2 aromatic heterocycles. The fourth-order valence-corrected chi connectivity index (χ4v) is 8.56. The number of ether oxygens (including phenoxy) is 3. The predicted molar refractivity (Wildman–Crippen MR) is 203 cm³/mol. The van der Waals surface area contributed by atoms with Gasteiger partial charge in [-0.2, -0.15) is 0 Å². The Kier molecular flexibility index (Phi) is 10.2. The van der Waals surface area contributed by atoms with Crippen molar-refractivity contribution in [2.45, 2.75) is 102 Å². The van der Waals surface area contributed by atoms with Crippen molar-refractivity contribution in [1.29, 1.82) is 0 Å². The summed E-state index contributed by atoms with van der Waals surface area (Å²) < 4.78 is 18.3. The summed E-state index contributed by atoms with van der Waals surface area (Å²) in [4.78, 5) is 65.4. The number of pyridine rings is 1. The zero-order valence-corrected chi connectivity index (χ0v) is 31.9. The van der Waals surface area contributed by atoms with Gasteiger partial charge in [0, 0.05) is 47.7 Å². The number of nitrogens with one attached hydrogen (secondary N) is 3. The lowest BCUT2D eigenvalue weighted by atomic mass is 9.85. The van der Waals surface area contributed by atoms with Crippen LogP contribution in [0.3, 0.4) is 0 Å². The Morgan fingerprint density at radius 1 is 1.17 bits per heavy atom. The number of carbonyl (C=O) groups excluding carboxylic acids is 3. The lowest BCUT2D eigenvalue weighted by Crippen LogP contribution is -2.59. The zero-order chi connectivity index (χ0) is 38.4. The molecule has 288 valence electrons. The van der Waals surface area contributed by atoms with Crippen LogP contribution < -0.4 is 25.4 Å². The van der Waals surface area contributed by atoms with Crippen LogP contribution in [0.4, 0.5) is 9.93 Å². The Bertz CT molecular complexity index is 1970. The molecule has 7 rings (SSSR count). The molecule has 2 aliphatic heterocycles. The summed E-state index contributed by atoms with van der Waals surface area (Å²) in [5.74, 6) is -1.46. The van der Waals surface area contributed by atoms with Gasteiger partial charge >= 0.3 is 12.1 Å². The monoisotopic (exact) mass is 760 g/mol. The highest BCUT2D eigenvalue weighted by Gasteiger charge is 2.61. The number of nitrogens with zero attached hydrogens (tertiary/aromatic N) is 3. The van der Waals surface area contributed by atoms with Crippen molar-refractivity contribution in [2.24, 2.45) is 11.3 Å². The maximum absolute atomic E-state index is 14.6. The first-order valence-corrected chi connectivity index (χ1v) is 19.6. The van der Waals surface area contributed by atoms with Crippen molar-refractivity contribution < 1.29 is 38.5 Å². The maximum Gasteiger partial charge on any atom is 0.408 e. The molecule has 0 unspecified atom stereocenters. The topological polar surface area (TPSA) is 181 Å². The average molecular weight is 761 g/mol. The second kappa shape index (κ2) is 14.7. The van der Waals surface area contributed by atoms with E-state index in [1.807, 2.05) is 51.3 Å². The molecule has 5 atom stereocenters. The summed E-state index contributed by atoms with van der Waals surface area (Å²) in [5, 5.41) is 22.3. The van der Waals surface area contributed by atoms with Crippen LogP contribution in [0.15, 0.2) is 36.2 Å². The average Bonchev–Trinajstić information content (AvgIpc) is 3.74. The van der Waals surface area contributed by atoms with Crippen molar-refractivity contribution in [1.82, 2.24) is 25.5 Å². The summed E-state index contributed by atoms with van der Waals surface area (Å²) in [6, 6.07) is 3.47. The van der Waals surface area contributed by atoms with Crippen LogP contribution in [0, 0.1) is 11.3 Å². The predicted octanol–water partition coefficient (Wildman–Crippen LogP) is 5.30. The molecular formula is C39H48N6O8S. The number of aliphatic carboxylic acids is 1. The molecule has 0 spiro atoms. The summed E-state index contributed by atoms with van der Waals surface area (Å²) >= 11 is 1.47. The largest absolute Gasteiger partial charge is 0.493 e. The molecule has 2 aliphatic carbocycles. The van der Waals surface area contributed by atoms with Crippen molar-refractivity contribution >= 4 is 51.2 Å². The van der Waals surface area contributed by atoms with Crippen LogP contribution in [-0.4, -0.2) is 93.4 Å². The Hall–Kier alpha value is -4.92. The van der Waals surface area contributed by atoms with E-state index in [1.165, 1.54) is 22.3 Å². The molecule has 2 saturated carbocycles. The first-order valence-electron chi connectivity index (χ1n) is 18.7. The zero-order valence-electron chi connectivity index (χ0n) is 31.1. The van der Waals surface area contributed by atoms with Crippen molar-refractivity contribution in [3.63, 3.8) is 0 Å². The van der Waals surface area contributed by atoms with Crippen molar-refractivity contribution in [2.75, 3.05) is 25.0 Å². The van der Waals surface area contributed by atoms with Gasteiger partial charge in [0.25, 0.3) is 0 Å². The van der Waals surface area contributed by atoms with Gasteiger partial charge in [0.15, 0.2) is 5.13 Å². The number of amides is 3. The Morgan fingerprint density at radius 3 is 2.63 bits per heavy atom. The van der Waals surface area contributed by atoms with Gasteiger partial charge in [-0.25, -0.2) is 19.6 Å². The molecule has 15 heteroatoms. The number of likely N-dealkylation sites (tertiary alicyclic amines) is 1. The number of carboxylic acids is 1. The number of benzene rings is 1. The normalized spacial score (nSPS) is 24.0. The summed E-state index contributed by atoms with van der Waals surface area (Å²) in [7, 11) is 0. The highest BCUT2D eigenvalue weighted by atomic mass is 32.1. The van der Waals surface area contributed by atoms with Gasteiger partial charge < -0.3 is 40.2 Å². The SMILES string of the molecule is C=C[C@@H]1C[C@]1(NC(=O)[C@@H]1C[C@@H](Oc2cc(-c3csc(NCC)n3)nc3c4c(ccc23)OCC4)CN1C(=O)[C@@H](NC(=O)OC1CCCC1)C(C)(C)C)C(=O)O. The molecule has 4 N–H and O–H groups in total. The molecule has 14 nitrogen and oxygen atoms in total. The third-order valence-electron chi connectivity index (χ3n) is 10.8. The number of fused-ring (bicyclic) bond motifs is 3. The Labute approximate surface area is 318 Å². The van der Waals surface area contributed by atoms with Gasteiger partial charge in [-0.15, -0.1) is 17.9 Å². The van der Waals surface area contributed by atoms with Crippen LogP contribution >= 0.6 is 11.3 Å². The van der Waals surface area contributed by atoms with E-state index in [0.717, 1.165) is 59.6 Å². The van der Waals surface area contributed by atoms with E-state index in [9.17, 15) is 24.3 Å². The fourth-order valence-electron chi connectivity index (χ4n) is 7.79. The first kappa shape index (κ1) is 37.4. The van der Waals surface area contributed by atoms with Gasteiger partial charge in [-0.1, -0.05) is 26.8 Å². The minimum atomic E-state index is -1.50. The molecule has 1 saturated heterocycles. The Balaban J connectivity index is 1.21. The second-order valence-corrected chi connectivity index (χ2v) is 16.5. The number of rotatable bonds is 12. The number of carboxylic acid groups (broad SMARTS) is 1. The summed E-state index contributed by atoms with van der Waals surface area (Å²) in [5.41, 5.74) is 0.687. The van der Waals surface area contributed by atoms with Crippen molar-refractivity contribution in [3.8, 4) is 22.9 Å². The molecular weight excluding hydrogens is 713 g/mol. The number of hydrogen-bond acceptors (Lipinski definition) is 11. The maximum atomic E-state index is 14.6. The molecule has 0 radical (unpaired) electrons. The van der Waals surface area contributed by atoms with Gasteiger partial charge in [-0.05, 0) is 56.6 Å². The van der Waals surface area contributed by atoms with E-state index in [0.29, 0.717) is 30.2 Å². The van der Waals surface area contributed by atoms with Crippen molar-refractivity contribution in [3.05, 3.63) is 41.8 Å². The third kappa shape index (κ3) is 7.29. The van der Waals surface area contributed by atoms with E-state index < -0.39 is 58.9 Å². The number of alkyl carbamates (subject to hydrolysis) is 1. The highest BCUT2D eigenvalue weighted by molar-refractivity contribution is 7.14. The van der Waals surface area contributed by atoms with E-state index >= 15 is 0 Å². The van der Waals surface area contributed by atoms with E-state index in [4.69, 9.17) is 24.2 Å². The quantitative estimate of drug-likeness (QED) is 0.176. The fraction of sp³-hybridized carbons (Fsp3) is 0.538. The second-order valence-electron chi connectivity index (χ2n) is 15.7. The van der Waals surface area contributed by atoms with Crippen LogP contribution in [0.1, 0.15) is 71.8 Å². The molecule has 3 amide bonds. The summed E-state index contributed by atoms with van der Waals surface area (Å²) in [6.07, 6.45) is 4.38. The molecule has 54 heavy (non-hydrogen) atoms. The van der Waals surface area contributed by atoms with Crippen LogP contribution in [0.2, 0.25) is 0 Å². The molecule has 3 aromatic rings. The van der Waals surface area contributed by atoms with E-state index in [-0.39, 0.29) is 25.5 Å². The molecule has 0 bridgehead atoms. The minimum Gasteiger partial charge on any atom is -0.493 e. The molecule has 3 fully saturated rings. The van der Waals surface area contributed by atoms with Gasteiger partial charge in [-0.3, -0.25) is 9.59 Å². The van der Waals surface area contributed by atoms with E-state index in [2.05, 4.69) is 22.5 Å². The van der Waals surface area contributed by atoms with Crippen LogP contribution in [0.25, 0.3) is 22.3 Å². The summed E-state index contributed by atoms with van der Waals surface area (Å²) in [6.45, 7) is 12.5. The minimum absolute atomic E-state index is 0.00226. The standard InChI is InChI=1S/C39H48N6O8S/c1-6-21-18-39(21,35(48)49)44-33(46)28-16-23(19-45(28)34(47)32(38(3,4)5)43-37(50)53-22-10-8-9-11-22)52-30-17-26(27-20-54-36(42-27)40-7-2)41-31-24(30)12-13-29-25(31)14-15-51-29/h6,12-13,17,20-23,28,32H,1,7-11,14-16,18-19H2,2-5H3,(H,40,42)(H,43,50)(H,44,46)(H,48,49)/t21-,23-,28+,32-,39-/m1/s1. The van der Waals surface area contributed by atoms with Crippen LogP contribution in [0.5, 0.6) is 11.5 Å². The first-order chi connectivity index (χ1) is 25.8. The van der Waals surface area contributed by atoms with Gasteiger partial charge in [0.1, 0.15) is 47.0 Å². The lowest BCUT2D eigenvalue weighted by molar-refractivity contribution is -0.146. The molecule has 1 aromatic carbocycles. The number of aromatic nitrogens is 2. The number of carbonyl (C=O) groups is 4. The Morgan fingerprint density at radius 2 is 1.94 bits per heavy atom. The molecule has 4 heterocycles. The smallest absolute Gasteiger partial charge is 0.408 e. The van der Waals surface area contributed by atoms with E-state index in [1.54, 1.807) is 0 Å². The number of anilines is 1. The van der Waals surface area contributed by atoms with Gasteiger partial charge in [0.05, 0.1) is 24.4 Å². The molecule has 4 aliphatic rings. The lowest BCUT2D eigenvalue weighted by Gasteiger charge is -2.35. The number of hydrogen-bond donors (Lipinski definition) is 4. The van der Waals surface area contributed by atoms with Gasteiger partial charge in [0.2, 0.25) is 11.8 Å². The third-order valence-corrected chi connectivity index (χ3v) is 11.6. The highest BCUT2D eigenvalue weighted by Crippen LogP contribution is 2.45. The number of thiazole rings is 1.